The maximum absolute atomic E-state index is 12.4. The van der Waals surface area contributed by atoms with Gasteiger partial charge in [0.25, 0.3) is 0 Å². The first-order valence-corrected chi connectivity index (χ1v) is 4.79. The second-order valence-corrected chi connectivity index (χ2v) is 3.07. The molecule has 13 heavy (non-hydrogen) atoms. The number of halogens is 1. The molecule has 0 saturated heterocycles. The van der Waals surface area contributed by atoms with Crippen molar-refractivity contribution in [2.45, 2.75) is 34.1 Å². The molecular formula is C11H18FN. The van der Waals surface area contributed by atoms with E-state index in [2.05, 4.69) is 18.8 Å². The Hall–Kier alpha value is -0.920. The van der Waals surface area contributed by atoms with Crippen LogP contribution in [0.15, 0.2) is 18.3 Å². The minimum atomic E-state index is -0.266. The Morgan fingerprint density at radius 3 is 2.31 bits per heavy atom. The second kappa shape index (κ2) is 6.58. The highest BCUT2D eigenvalue weighted by molar-refractivity contribution is 5.05. The van der Waals surface area contributed by atoms with Gasteiger partial charge in [0.1, 0.15) is 5.82 Å². The van der Waals surface area contributed by atoms with E-state index in [1.54, 1.807) is 6.07 Å². The van der Waals surface area contributed by atoms with E-state index in [4.69, 9.17) is 0 Å². The lowest BCUT2D eigenvalue weighted by atomic mass is 10.1. The van der Waals surface area contributed by atoms with Crippen molar-refractivity contribution >= 4 is 0 Å². The molecule has 0 saturated carbocycles. The van der Waals surface area contributed by atoms with Crippen molar-refractivity contribution in [3.63, 3.8) is 0 Å². The smallest absolute Gasteiger partial charge is 0.141 e. The summed E-state index contributed by atoms with van der Waals surface area (Å²) in [6, 6.07) is 3.18. The molecule has 0 spiro atoms. The molecule has 74 valence electrons. The van der Waals surface area contributed by atoms with Gasteiger partial charge in [0.15, 0.2) is 0 Å². The molecule has 0 bridgehead atoms. The number of aromatic nitrogens is 1. The van der Waals surface area contributed by atoms with E-state index in [-0.39, 0.29) is 5.82 Å². The van der Waals surface area contributed by atoms with E-state index in [9.17, 15) is 4.39 Å². The molecular weight excluding hydrogens is 165 g/mol. The van der Waals surface area contributed by atoms with Crippen LogP contribution in [0.4, 0.5) is 4.39 Å². The van der Waals surface area contributed by atoms with Gasteiger partial charge in [-0.2, -0.15) is 0 Å². The largest absolute Gasteiger partial charge is 0.258 e. The fourth-order valence-corrected chi connectivity index (χ4v) is 0.945. The lowest BCUT2D eigenvalue weighted by molar-refractivity contribution is 0.605. The highest BCUT2D eigenvalue weighted by Crippen LogP contribution is 2.04. The Morgan fingerprint density at radius 2 is 1.92 bits per heavy atom. The highest BCUT2D eigenvalue weighted by Gasteiger charge is 1.98. The van der Waals surface area contributed by atoms with Crippen LogP contribution in [-0.4, -0.2) is 4.98 Å². The van der Waals surface area contributed by atoms with Gasteiger partial charge < -0.3 is 0 Å². The standard InChI is InChI=1S/C9H12FN.C2H6/c1-7(2)5-9-4-3-8(10)6-11-9;1-2/h3-4,6-7H,5H2,1-2H3;1-2H3. The van der Waals surface area contributed by atoms with Crippen LogP contribution in [0.5, 0.6) is 0 Å². The summed E-state index contributed by atoms with van der Waals surface area (Å²) in [5, 5.41) is 0. The third-order valence-corrected chi connectivity index (χ3v) is 1.41. The average Bonchev–Trinajstić information content (AvgIpc) is 2.12. The van der Waals surface area contributed by atoms with Gasteiger partial charge in [-0.25, -0.2) is 4.39 Å². The minimum Gasteiger partial charge on any atom is -0.258 e. The monoisotopic (exact) mass is 183 g/mol. The summed E-state index contributed by atoms with van der Waals surface area (Å²) in [5.74, 6) is 0.311. The molecule has 1 nitrogen and oxygen atoms in total. The third-order valence-electron chi connectivity index (χ3n) is 1.41. The van der Waals surface area contributed by atoms with Gasteiger partial charge in [-0.15, -0.1) is 0 Å². The molecule has 0 radical (unpaired) electrons. The van der Waals surface area contributed by atoms with E-state index in [1.807, 2.05) is 13.8 Å². The normalized spacial score (nSPS) is 9.38. The number of nitrogens with zero attached hydrogens (tertiary/aromatic N) is 1. The van der Waals surface area contributed by atoms with Crippen molar-refractivity contribution in [2.24, 2.45) is 5.92 Å². The fourth-order valence-electron chi connectivity index (χ4n) is 0.945. The van der Waals surface area contributed by atoms with Crippen LogP contribution in [0, 0.1) is 11.7 Å². The third kappa shape index (κ3) is 5.34. The lowest BCUT2D eigenvalue weighted by Gasteiger charge is -2.02. The van der Waals surface area contributed by atoms with Gasteiger partial charge in [0.2, 0.25) is 0 Å². The van der Waals surface area contributed by atoms with Gasteiger partial charge in [-0.3, -0.25) is 4.98 Å². The summed E-state index contributed by atoms with van der Waals surface area (Å²) in [4.78, 5) is 3.94. The average molecular weight is 183 g/mol. The molecule has 0 amide bonds. The molecule has 2 heteroatoms. The summed E-state index contributed by atoms with van der Waals surface area (Å²) in [6.07, 6.45) is 2.18. The van der Waals surface area contributed by atoms with E-state index >= 15 is 0 Å². The molecule has 1 heterocycles. The highest BCUT2D eigenvalue weighted by atomic mass is 19.1. The zero-order valence-electron chi connectivity index (χ0n) is 8.84. The molecule has 1 aromatic heterocycles. The zero-order chi connectivity index (χ0) is 10.3. The minimum absolute atomic E-state index is 0.266. The molecule has 0 aliphatic carbocycles. The van der Waals surface area contributed by atoms with Crippen LogP contribution in [-0.2, 0) is 6.42 Å². The summed E-state index contributed by atoms with van der Waals surface area (Å²) in [6.45, 7) is 8.23. The predicted octanol–water partition coefficient (Wildman–Crippen LogP) is 3.45. The van der Waals surface area contributed by atoms with Crippen molar-refractivity contribution in [3.8, 4) is 0 Å². The number of hydrogen-bond donors (Lipinski definition) is 0. The maximum atomic E-state index is 12.4. The molecule has 1 aromatic rings. The first kappa shape index (κ1) is 12.1. The van der Waals surface area contributed by atoms with Gasteiger partial charge in [-0.05, 0) is 24.5 Å². The van der Waals surface area contributed by atoms with Crippen LogP contribution in [0.1, 0.15) is 33.4 Å². The van der Waals surface area contributed by atoms with Crippen LogP contribution >= 0.6 is 0 Å². The van der Waals surface area contributed by atoms with Crippen molar-refractivity contribution in [3.05, 3.63) is 29.8 Å². The van der Waals surface area contributed by atoms with Gasteiger partial charge >= 0.3 is 0 Å². The SMILES string of the molecule is CC.CC(C)Cc1ccc(F)cn1. The van der Waals surface area contributed by atoms with Crippen molar-refractivity contribution in [1.82, 2.24) is 4.98 Å². The van der Waals surface area contributed by atoms with Crippen LogP contribution in [0.2, 0.25) is 0 Å². The Labute approximate surface area is 80.0 Å². The quantitative estimate of drug-likeness (QED) is 0.684. The van der Waals surface area contributed by atoms with E-state index in [0.29, 0.717) is 5.92 Å². The van der Waals surface area contributed by atoms with Crippen molar-refractivity contribution < 1.29 is 4.39 Å². The van der Waals surface area contributed by atoms with E-state index in [0.717, 1.165) is 12.1 Å². The van der Waals surface area contributed by atoms with Crippen LogP contribution in [0.25, 0.3) is 0 Å². The molecule has 0 aliphatic heterocycles. The van der Waals surface area contributed by atoms with Gasteiger partial charge in [0.05, 0.1) is 6.20 Å². The van der Waals surface area contributed by atoms with Crippen molar-refractivity contribution in [2.75, 3.05) is 0 Å². The first-order chi connectivity index (χ1) is 6.18. The zero-order valence-corrected chi connectivity index (χ0v) is 8.84. The van der Waals surface area contributed by atoms with Crippen molar-refractivity contribution in [1.29, 1.82) is 0 Å². The molecule has 0 unspecified atom stereocenters. The first-order valence-electron chi connectivity index (χ1n) is 4.79. The molecule has 0 fully saturated rings. The Morgan fingerprint density at radius 1 is 1.31 bits per heavy atom. The molecule has 0 aliphatic rings. The summed E-state index contributed by atoms with van der Waals surface area (Å²) >= 11 is 0. The fraction of sp³-hybridized carbons (Fsp3) is 0.545. The molecule has 0 atom stereocenters. The number of pyridine rings is 1. The second-order valence-electron chi connectivity index (χ2n) is 3.07. The predicted molar refractivity (Wildman–Crippen MR) is 54.1 cm³/mol. The lowest BCUT2D eigenvalue weighted by Crippen LogP contribution is -1.96. The van der Waals surface area contributed by atoms with Crippen LogP contribution in [0.3, 0.4) is 0 Å². The van der Waals surface area contributed by atoms with Gasteiger partial charge in [0, 0.05) is 5.69 Å². The van der Waals surface area contributed by atoms with E-state index < -0.39 is 0 Å². The molecule has 1 rings (SSSR count). The Bertz CT molecular complexity index is 216. The van der Waals surface area contributed by atoms with Gasteiger partial charge in [-0.1, -0.05) is 27.7 Å². The maximum Gasteiger partial charge on any atom is 0.141 e. The number of hydrogen-bond acceptors (Lipinski definition) is 1. The Balaban J connectivity index is 0.000000671. The molecule has 0 N–H and O–H groups in total. The Kier molecular flexibility index (Phi) is 6.11. The summed E-state index contributed by atoms with van der Waals surface area (Å²) in [5.41, 5.74) is 0.960. The molecule has 0 aromatic carbocycles. The number of rotatable bonds is 2. The van der Waals surface area contributed by atoms with E-state index in [1.165, 1.54) is 12.3 Å². The topological polar surface area (TPSA) is 12.9 Å². The summed E-state index contributed by atoms with van der Waals surface area (Å²) < 4.78 is 12.4. The summed E-state index contributed by atoms with van der Waals surface area (Å²) in [7, 11) is 0. The van der Waals surface area contributed by atoms with Crippen LogP contribution < -0.4 is 0 Å².